The number of nitrogens with zero attached hydrogens (tertiary/aromatic N) is 1. The molecule has 7 heteroatoms. The van der Waals surface area contributed by atoms with Crippen LogP contribution < -0.4 is 9.62 Å². The van der Waals surface area contributed by atoms with E-state index in [4.69, 9.17) is 11.6 Å². The number of fused-ring (bicyclic) bond motifs is 1. The molecule has 1 amide bonds. The van der Waals surface area contributed by atoms with Gasteiger partial charge in [-0.3, -0.25) is 4.79 Å². The van der Waals surface area contributed by atoms with Gasteiger partial charge < -0.3 is 4.90 Å². The summed E-state index contributed by atoms with van der Waals surface area (Å²) in [6.07, 6.45) is 3.60. The molecule has 0 aromatic heterocycles. The Hall–Kier alpha value is -2.15. The first-order valence-electron chi connectivity index (χ1n) is 9.23. The predicted octanol–water partition coefficient (Wildman–Crippen LogP) is 4.12. The number of nitrogens with one attached hydrogen (secondary N) is 1. The van der Waals surface area contributed by atoms with Crippen molar-refractivity contribution in [3.05, 3.63) is 69.6 Å². The van der Waals surface area contributed by atoms with Crippen molar-refractivity contribution < 1.29 is 13.2 Å². The Kier molecular flexibility index (Phi) is 6.54. The second kappa shape index (κ2) is 8.90. The number of sulfonamides is 1. The zero-order valence-corrected chi connectivity index (χ0v) is 17.3. The summed E-state index contributed by atoms with van der Waals surface area (Å²) in [5, 5.41) is 1.75. The molecule has 0 atom stereocenters. The van der Waals surface area contributed by atoms with Gasteiger partial charge in [-0.1, -0.05) is 42.8 Å². The number of carbonyl (C=O) groups excluding carboxylic acids is 1. The van der Waals surface area contributed by atoms with E-state index < -0.39 is 10.0 Å². The molecular weight excluding hydrogens is 396 g/mol. The van der Waals surface area contributed by atoms with Crippen LogP contribution in [0.3, 0.4) is 0 Å². The average Bonchev–Trinajstić information content (AvgIpc) is 2.68. The molecule has 0 aliphatic carbocycles. The van der Waals surface area contributed by atoms with Crippen LogP contribution in [-0.2, 0) is 27.8 Å². The third-order valence-corrected chi connectivity index (χ3v) is 5.87. The highest BCUT2D eigenvalue weighted by molar-refractivity contribution is 7.92. The first kappa shape index (κ1) is 20.6. The third-order valence-electron chi connectivity index (χ3n) is 4.58. The van der Waals surface area contributed by atoms with E-state index in [-0.39, 0.29) is 12.5 Å². The molecule has 2 aromatic rings. The smallest absolute Gasteiger partial charge is 0.234 e. The van der Waals surface area contributed by atoms with Crippen LogP contribution in [0.2, 0.25) is 5.02 Å². The third kappa shape index (κ3) is 5.22. The van der Waals surface area contributed by atoms with Gasteiger partial charge in [0.1, 0.15) is 0 Å². The number of benzene rings is 2. The molecule has 148 valence electrons. The van der Waals surface area contributed by atoms with E-state index in [0.29, 0.717) is 24.4 Å². The topological polar surface area (TPSA) is 66.5 Å². The summed E-state index contributed by atoms with van der Waals surface area (Å²) < 4.78 is 27.1. The van der Waals surface area contributed by atoms with Crippen LogP contribution in [-0.4, -0.2) is 20.9 Å². The molecule has 0 saturated carbocycles. The lowest BCUT2D eigenvalue weighted by atomic mass is 9.98. The van der Waals surface area contributed by atoms with E-state index in [1.54, 1.807) is 24.3 Å². The van der Waals surface area contributed by atoms with Crippen LogP contribution in [0, 0.1) is 0 Å². The number of amides is 1. The Bertz CT molecular complexity index is 985. The molecule has 1 aliphatic heterocycles. The van der Waals surface area contributed by atoms with Gasteiger partial charge in [-0.15, -0.1) is 0 Å². The van der Waals surface area contributed by atoms with Crippen LogP contribution in [0.5, 0.6) is 0 Å². The van der Waals surface area contributed by atoms with Crippen LogP contribution in [0.1, 0.15) is 36.5 Å². The second-order valence-electron chi connectivity index (χ2n) is 6.73. The maximum absolute atomic E-state index is 12.2. The maximum Gasteiger partial charge on any atom is 0.234 e. The molecule has 0 radical (unpaired) electrons. The van der Waals surface area contributed by atoms with E-state index in [0.717, 1.165) is 34.2 Å². The molecule has 1 heterocycles. The SMILES string of the molecule is CCCN1C(=O)CCc2cc(CNS(=O)(=O)/C=C/c3ccc(Cl)cc3)ccc21. The molecular formula is C21H23ClN2O3S. The van der Waals surface area contributed by atoms with Gasteiger partial charge in [0.05, 0.1) is 0 Å². The van der Waals surface area contributed by atoms with Crippen LogP contribution >= 0.6 is 11.6 Å². The molecule has 0 bridgehead atoms. The summed E-state index contributed by atoms with van der Waals surface area (Å²) in [5.74, 6) is 0.148. The van der Waals surface area contributed by atoms with Crippen molar-refractivity contribution in [1.29, 1.82) is 0 Å². The van der Waals surface area contributed by atoms with Crippen LogP contribution in [0.25, 0.3) is 6.08 Å². The molecule has 0 saturated heterocycles. The lowest BCUT2D eigenvalue weighted by molar-refractivity contribution is -0.118. The van der Waals surface area contributed by atoms with Gasteiger partial charge in [-0.25, -0.2) is 13.1 Å². The Morgan fingerprint density at radius 3 is 2.61 bits per heavy atom. The molecule has 1 N–H and O–H groups in total. The summed E-state index contributed by atoms with van der Waals surface area (Å²) in [6.45, 7) is 2.94. The Morgan fingerprint density at radius 2 is 1.89 bits per heavy atom. The van der Waals surface area contributed by atoms with Gasteiger partial charge in [0.25, 0.3) is 0 Å². The number of hydrogen-bond donors (Lipinski definition) is 1. The molecule has 1 aliphatic rings. The zero-order valence-electron chi connectivity index (χ0n) is 15.7. The fraction of sp³-hybridized carbons (Fsp3) is 0.286. The van der Waals surface area contributed by atoms with Gasteiger partial charge in [-0.2, -0.15) is 0 Å². The number of halogens is 1. The number of anilines is 1. The van der Waals surface area contributed by atoms with E-state index in [9.17, 15) is 13.2 Å². The first-order chi connectivity index (χ1) is 13.4. The van der Waals surface area contributed by atoms with Crippen molar-refractivity contribution in [2.75, 3.05) is 11.4 Å². The standard InChI is InChI=1S/C21H23ClN2O3S/c1-2-12-24-20-9-5-17(14-18(20)6-10-21(24)25)15-23-28(26,27)13-11-16-3-7-19(22)8-4-16/h3-5,7-9,11,13-14,23H,2,6,10,12,15H2,1H3/b13-11+. The van der Waals surface area contributed by atoms with Crippen molar-refractivity contribution in [3.63, 3.8) is 0 Å². The van der Waals surface area contributed by atoms with E-state index in [1.165, 1.54) is 6.08 Å². The predicted molar refractivity (Wildman–Crippen MR) is 114 cm³/mol. The normalized spacial score (nSPS) is 14.5. The van der Waals surface area contributed by atoms with Crippen molar-refractivity contribution in [3.8, 4) is 0 Å². The van der Waals surface area contributed by atoms with Gasteiger partial charge >= 0.3 is 0 Å². The maximum atomic E-state index is 12.2. The number of carbonyl (C=O) groups is 1. The monoisotopic (exact) mass is 418 g/mol. The summed E-state index contributed by atoms with van der Waals surface area (Å²) in [5.41, 5.74) is 3.64. The fourth-order valence-corrected chi connectivity index (χ4v) is 4.09. The Morgan fingerprint density at radius 1 is 1.14 bits per heavy atom. The molecule has 28 heavy (non-hydrogen) atoms. The minimum atomic E-state index is -3.57. The zero-order chi connectivity index (χ0) is 20.1. The summed E-state index contributed by atoms with van der Waals surface area (Å²) in [4.78, 5) is 13.9. The molecule has 0 unspecified atom stereocenters. The van der Waals surface area contributed by atoms with Crippen molar-refractivity contribution in [2.45, 2.75) is 32.7 Å². The quantitative estimate of drug-likeness (QED) is 0.735. The number of aryl methyl sites for hydroxylation is 1. The minimum Gasteiger partial charge on any atom is -0.312 e. The van der Waals surface area contributed by atoms with E-state index in [1.807, 2.05) is 30.0 Å². The van der Waals surface area contributed by atoms with Gasteiger partial charge in [0, 0.05) is 35.6 Å². The molecule has 0 spiro atoms. The Balaban J connectivity index is 1.67. The highest BCUT2D eigenvalue weighted by Crippen LogP contribution is 2.29. The van der Waals surface area contributed by atoms with Crippen LogP contribution in [0.15, 0.2) is 47.9 Å². The molecule has 3 rings (SSSR count). The fourth-order valence-electron chi connectivity index (χ4n) is 3.17. The largest absolute Gasteiger partial charge is 0.312 e. The van der Waals surface area contributed by atoms with Crippen molar-refractivity contribution in [2.24, 2.45) is 0 Å². The van der Waals surface area contributed by atoms with Crippen LogP contribution in [0.4, 0.5) is 5.69 Å². The number of rotatable bonds is 7. The van der Waals surface area contributed by atoms with Gasteiger partial charge in [0.2, 0.25) is 15.9 Å². The highest BCUT2D eigenvalue weighted by atomic mass is 35.5. The highest BCUT2D eigenvalue weighted by Gasteiger charge is 2.23. The number of hydrogen-bond acceptors (Lipinski definition) is 3. The lowest BCUT2D eigenvalue weighted by Crippen LogP contribution is -2.35. The summed E-state index contributed by atoms with van der Waals surface area (Å²) >= 11 is 5.83. The second-order valence-corrected chi connectivity index (χ2v) is 8.82. The first-order valence-corrected chi connectivity index (χ1v) is 11.2. The van der Waals surface area contributed by atoms with E-state index >= 15 is 0 Å². The molecule has 0 fully saturated rings. The summed E-state index contributed by atoms with van der Waals surface area (Å²) in [7, 11) is -3.57. The molecule has 2 aromatic carbocycles. The Labute approximate surface area is 171 Å². The minimum absolute atomic E-state index is 0.148. The van der Waals surface area contributed by atoms with E-state index in [2.05, 4.69) is 4.72 Å². The molecule has 5 nitrogen and oxygen atoms in total. The van der Waals surface area contributed by atoms with Crippen molar-refractivity contribution in [1.82, 2.24) is 4.72 Å². The average molecular weight is 419 g/mol. The summed E-state index contributed by atoms with van der Waals surface area (Å²) in [6, 6.07) is 12.7. The van der Waals surface area contributed by atoms with Crippen molar-refractivity contribution >= 4 is 39.3 Å². The van der Waals surface area contributed by atoms with Gasteiger partial charge in [-0.05, 0) is 53.8 Å². The lowest BCUT2D eigenvalue weighted by Gasteiger charge is -2.29. The van der Waals surface area contributed by atoms with Gasteiger partial charge in [0.15, 0.2) is 0 Å².